The molecule has 1 aliphatic rings. The molecule has 0 bridgehead atoms. The van der Waals surface area contributed by atoms with Crippen LogP contribution >= 0.6 is 0 Å². The van der Waals surface area contributed by atoms with Crippen LogP contribution in [0.15, 0.2) is 42.5 Å². The quantitative estimate of drug-likeness (QED) is 0.748. The number of phenols is 1. The lowest BCUT2D eigenvalue weighted by atomic mass is 9.82. The molecule has 1 saturated carbocycles. The third kappa shape index (κ3) is 4.53. The summed E-state index contributed by atoms with van der Waals surface area (Å²) in [7, 11) is 0. The van der Waals surface area contributed by atoms with Gasteiger partial charge in [0.25, 0.3) is 0 Å². The lowest BCUT2D eigenvalue weighted by Gasteiger charge is -2.29. The Labute approximate surface area is 149 Å². The van der Waals surface area contributed by atoms with Crippen molar-refractivity contribution >= 4 is 11.7 Å². The van der Waals surface area contributed by atoms with Crippen molar-refractivity contribution in [1.82, 2.24) is 5.32 Å². The molecule has 0 radical (unpaired) electrons. The van der Waals surface area contributed by atoms with Gasteiger partial charge in [-0.15, -0.1) is 0 Å². The highest BCUT2D eigenvalue weighted by Crippen LogP contribution is 2.33. The summed E-state index contributed by atoms with van der Waals surface area (Å²) in [6.45, 7) is 4.02. The summed E-state index contributed by atoms with van der Waals surface area (Å²) < 4.78 is 0. The molecule has 1 aliphatic carbocycles. The van der Waals surface area contributed by atoms with Crippen LogP contribution in [-0.2, 0) is 0 Å². The summed E-state index contributed by atoms with van der Waals surface area (Å²) >= 11 is 0. The zero-order chi connectivity index (χ0) is 17.8. The van der Waals surface area contributed by atoms with E-state index < -0.39 is 0 Å². The molecular formula is C21H26N2O2. The van der Waals surface area contributed by atoms with Crippen LogP contribution in [0.3, 0.4) is 0 Å². The van der Waals surface area contributed by atoms with Crippen molar-refractivity contribution in [3.05, 3.63) is 59.2 Å². The molecule has 1 fully saturated rings. The molecule has 25 heavy (non-hydrogen) atoms. The molecule has 0 aromatic heterocycles. The first-order valence-corrected chi connectivity index (χ1v) is 8.95. The normalized spacial score (nSPS) is 20.1. The summed E-state index contributed by atoms with van der Waals surface area (Å²) in [4.78, 5) is 12.3. The molecule has 4 heteroatoms. The molecule has 0 spiro atoms. The van der Waals surface area contributed by atoms with E-state index in [9.17, 15) is 9.90 Å². The van der Waals surface area contributed by atoms with E-state index in [1.165, 1.54) is 5.56 Å². The number of rotatable bonds is 3. The number of amides is 2. The smallest absolute Gasteiger partial charge is 0.319 e. The summed E-state index contributed by atoms with van der Waals surface area (Å²) in [5.74, 6) is 0.822. The van der Waals surface area contributed by atoms with Gasteiger partial charge in [0.05, 0.1) is 0 Å². The number of urea groups is 1. The van der Waals surface area contributed by atoms with Crippen LogP contribution in [0, 0.1) is 13.8 Å². The van der Waals surface area contributed by atoms with Crippen molar-refractivity contribution in [2.45, 2.75) is 51.5 Å². The average molecular weight is 338 g/mol. The van der Waals surface area contributed by atoms with E-state index in [-0.39, 0.29) is 12.1 Å². The van der Waals surface area contributed by atoms with Crippen LogP contribution < -0.4 is 10.6 Å². The minimum absolute atomic E-state index is 0.123. The summed E-state index contributed by atoms with van der Waals surface area (Å²) in [6, 6.07) is 13.7. The zero-order valence-electron chi connectivity index (χ0n) is 14.9. The number of benzene rings is 2. The monoisotopic (exact) mass is 338 g/mol. The van der Waals surface area contributed by atoms with Crippen molar-refractivity contribution in [1.29, 1.82) is 0 Å². The van der Waals surface area contributed by atoms with Gasteiger partial charge in [-0.1, -0.05) is 24.3 Å². The number of aromatic hydroxyl groups is 1. The first kappa shape index (κ1) is 17.3. The molecular weight excluding hydrogens is 312 g/mol. The Morgan fingerprint density at radius 2 is 1.68 bits per heavy atom. The number of phenolic OH excluding ortho intramolecular Hbond substituents is 1. The molecule has 3 N–H and O–H groups in total. The van der Waals surface area contributed by atoms with Gasteiger partial charge in [-0.25, -0.2) is 4.79 Å². The minimum Gasteiger partial charge on any atom is -0.508 e. The predicted octanol–water partition coefficient (Wildman–Crippen LogP) is 4.86. The summed E-state index contributed by atoms with van der Waals surface area (Å²) in [5, 5.41) is 15.5. The summed E-state index contributed by atoms with van der Waals surface area (Å²) in [6.07, 6.45) is 4.07. The van der Waals surface area contributed by atoms with Gasteiger partial charge in [-0.05, 0) is 80.3 Å². The Kier molecular flexibility index (Phi) is 5.27. The molecule has 2 amide bonds. The fourth-order valence-electron chi connectivity index (χ4n) is 3.53. The molecule has 0 aliphatic heterocycles. The highest BCUT2D eigenvalue weighted by atomic mass is 16.3. The fourth-order valence-corrected chi connectivity index (χ4v) is 3.53. The Morgan fingerprint density at radius 1 is 1.00 bits per heavy atom. The second-order valence-corrected chi connectivity index (χ2v) is 7.06. The van der Waals surface area contributed by atoms with Crippen LogP contribution in [0.5, 0.6) is 5.75 Å². The third-order valence-corrected chi connectivity index (χ3v) is 5.07. The maximum Gasteiger partial charge on any atom is 0.319 e. The second kappa shape index (κ2) is 7.60. The SMILES string of the molecule is Cc1ccc(C)c(NC(=O)NC2CCC(c3ccc(O)cc3)CC2)c1. The van der Waals surface area contributed by atoms with Crippen LogP contribution in [0.2, 0.25) is 0 Å². The van der Waals surface area contributed by atoms with E-state index in [4.69, 9.17) is 0 Å². The molecule has 3 rings (SSSR count). The topological polar surface area (TPSA) is 61.4 Å². The number of carbonyl (C=O) groups is 1. The van der Waals surface area contributed by atoms with Gasteiger partial charge >= 0.3 is 6.03 Å². The first-order valence-electron chi connectivity index (χ1n) is 8.95. The highest BCUT2D eigenvalue weighted by Gasteiger charge is 2.23. The number of hydrogen-bond acceptors (Lipinski definition) is 2. The van der Waals surface area contributed by atoms with Crippen LogP contribution in [0.25, 0.3) is 0 Å². The van der Waals surface area contributed by atoms with E-state index >= 15 is 0 Å². The van der Waals surface area contributed by atoms with Crippen LogP contribution in [0.1, 0.15) is 48.3 Å². The molecule has 2 aromatic rings. The molecule has 4 nitrogen and oxygen atoms in total. The van der Waals surface area contributed by atoms with Gasteiger partial charge in [0, 0.05) is 11.7 Å². The van der Waals surface area contributed by atoms with E-state index in [2.05, 4.69) is 10.6 Å². The molecule has 2 aromatic carbocycles. The third-order valence-electron chi connectivity index (χ3n) is 5.07. The highest BCUT2D eigenvalue weighted by molar-refractivity contribution is 5.90. The number of hydrogen-bond donors (Lipinski definition) is 3. The molecule has 132 valence electrons. The standard InChI is InChI=1S/C21H26N2O2/c1-14-3-4-15(2)20(13-14)23-21(25)22-18-9-5-16(6-10-18)17-7-11-19(24)12-8-17/h3-4,7-8,11-13,16,18,24H,5-6,9-10H2,1-2H3,(H2,22,23,25). The van der Waals surface area contributed by atoms with Crippen molar-refractivity contribution in [2.24, 2.45) is 0 Å². The number of anilines is 1. The van der Waals surface area contributed by atoms with Crippen molar-refractivity contribution in [2.75, 3.05) is 5.32 Å². The summed E-state index contributed by atoms with van der Waals surface area (Å²) in [5.41, 5.74) is 4.35. The zero-order valence-corrected chi connectivity index (χ0v) is 14.9. The van der Waals surface area contributed by atoms with Crippen molar-refractivity contribution < 1.29 is 9.90 Å². The Bertz CT molecular complexity index is 732. The van der Waals surface area contributed by atoms with E-state index in [0.717, 1.165) is 42.5 Å². The molecule has 0 saturated heterocycles. The fraction of sp³-hybridized carbons (Fsp3) is 0.381. The van der Waals surface area contributed by atoms with Crippen LogP contribution in [-0.4, -0.2) is 17.2 Å². The first-order chi connectivity index (χ1) is 12.0. The Morgan fingerprint density at radius 3 is 2.36 bits per heavy atom. The van der Waals surface area contributed by atoms with Gasteiger partial charge in [0.1, 0.15) is 5.75 Å². The largest absolute Gasteiger partial charge is 0.508 e. The second-order valence-electron chi connectivity index (χ2n) is 7.06. The number of carbonyl (C=O) groups excluding carboxylic acids is 1. The van der Waals surface area contributed by atoms with Gasteiger partial charge in [-0.2, -0.15) is 0 Å². The van der Waals surface area contributed by atoms with Gasteiger partial charge in [0.2, 0.25) is 0 Å². The number of nitrogens with one attached hydrogen (secondary N) is 2. The van der Waals surface area contributed by atoms with Crippen LogP contribution in [0.4, 0.5) is 10.5 Å². The molecule has 0 unspecified atom stereocenters. The van der Waals surface area contributed by atoms with E-state index in [1.807, 2.05) is 44.2 Å². The van der Waals surface area contributed by atoms with Gasteiger partial charge in [-0.3, -0.25) is 0 Å². The predicted molar refractivity (Wildman–Crippen MR) is 101 cm³/mol. The minimum atomic E-state index is -0.123. The van der Waals surface area contributed by atoms with Gasteiger partial charge in [0.15, 0.2) is 0 Å². The maximum atomic E-state index is 12.3. The van der Waals surface area contributed by atoms with E-state index in [1.54, 1.807) is 12.1 Å². The Balaban J connectivity index is 1.51. The van der Waals surface area contributed by atoms with Gasteiger partial charge < -0.3 is 15.7 Å². The average Bonchev–Trinajstić information content (AvgIpc) is 2.59. The molecule has 0 heterocycles. The lowest BCUT2D eigenvalue weighted by Crippen LogP contribution is -2.40. The lowest BCUT2D eigenvalue weighted by molar-refractivity contribution is 0.242. The number of aryl methyl sites for hydroxylation is 2. The maximum absolute atomic E-state index is 12.3. The molecule has 0 atom stereocenters. The van der Waals surface area contributed by atoms with Crippen molar-refractivity contribution in [3.8, 4) is 5.75 Å². The van der Waals surface area contributed by atoms with Crippen molar-refractivity contribution in [3.63, 3.8) is 0 Å². The van der Waals surface area contributed by atoms with E-state index in [0.29, 0.717) is 11.7 Å². The Hall–Kier alpha value is -2.49.